The Morgan fingerprint density at radius 3 is 2.50 bits per heavy atom. The molecule has 1 aliphatic rings. The van der Waals surface area contributed by atoms with Gasteiger partial charge in [0, 0.05) is 19.2 Å². The molecule has 0 spiro atoms. The molecular formula is C10H20N2O2. The summed E-state index contributed by atoms with van der Waals surface area (Å²) < 4.78 is 5.06. The molecule has 0 saturated heterocycles. The van der Waals surface area contributed by atoms with E-state index < -0.39 is 5.60 Å². The van der Waals surface area contributed by atoms with Crippen LogP contribution < -0.4 is 11.1 Å². The van der Waals surface area contributed by atoms with Crippen molar-refractivity contribution in [1.82, 2.24) is 5.32 Å². The number of hydrogen-bond donors (Lipinski definition) is 2. The highest BCUT2D eigenvalue weighted by atomic mass is 16.5. The number of methoxy groups -OCH3 is 1. The molecule has 0 aromatic rings. The summed E-state index contributed by atoms with van der Waals surface area (Å²) >= 11 is 0. The normalized spacial score (nSPS) is 20.0. The van der Waals surface area contributed by atoms with E-state index in [0.29, 0.717) is 6.54 Å². The Morgan fingerprint density at radius 2 is 2.14 bits per heavy atom. The van der Waals surface area contributed by atoms with Gasteiger partial charge in [0.05, 0.1) is 0 Å². The summed E-state index contributed by atoms with van der Waals surface area (Å²) in [6.45, 7) is 4.04. The number of nitrogens with one attached hydrogen (secondary N) is 1. The zero-order valence-corrected chi connectivity index (χ0v) is 9.22. The molecule has 0 unspecified atom stereocenters. The first-order valence-electron chi connectivity index (χ1n) is 5.02. The average Bonchev–Trinajstić information content (AvgIpc) is 2.11. The minimum atomic E-state index is -0.764. The van der Waals surface area contributed by atoms with Crippen LogP contribution in [0.25, 0.3) is 0 Å². The second-order valence-electron chi connectivity index (χ2n) is 4.61. The van der Waals surface area contributed by atoms with Crippen molar-refractivity contribution in [3.8, 4) is 0 Å². The van der Waals surface area contributed by atoms with Gasteiger partial charge in [0.15, 0.2) is 0 Å². The quantitative estimate of drug-likeness (QED) is 0.691. The van der Waals surface area contributed by atoms with E-state index in [1.165, 1.54) is 13.5 Å². The molecule has 4 nitrogen and oxygen atoms in total. The van der Waals surface area contributed by atoms with Crippen molar-refractivity contribution in [1.29, 1.82) is 0 Å². The molecule has 14 heavy (non-hydrogen) atoms. The summed E-state index contributed by atoms with van der Waals surface area (Å²) in [5.41, 5.74) is 5.05. The second-order valence-corrected chi connectivity index (χ2v) is 4.61. The number of hydrogen-bond acceptors (Lipinski definition) is 3. The molecular weight excluding hydrogens is 180 g/mol. The predicted molar refractivity (Wildman–Crippen MR) is 54.9 cm³/mol. The van der Waals surface area contributed by atoms with Gasteiger partial charge in [-0.15, -0.1) is 0 Å². The standard InChI is InChI=1S/C10H20N2O2/c1-9(2,14-3)8(13)12-7-10(11)5-4-6-10/h4-7,11H2,1-3H3,(H,12,13). The molecule has 0 heterocycles. The molecule has 0 aromatic carbocycles. The van der Waals surface area contributed by atoms with E-state index in [2.05, 4.69) is 5.32 Å². The third kappa shape index (κ3) is 2.45. The van der Waals surface area contributed by atoms with Gasteiger partial charge in [-0.25, -0.2) is 0 Å². The van der Waals surface area contributed by atoms with E-state index in [1.54, 1.807) is 13.8 Å². The summed E-state index contributed by atoms with van der Waals surface area (Å²) in [4.78, 5) is 11.6. The first-order valence-corrected chi connectivity index (χ1v) is 5.02. The van der Waals surface area contributed by atoms with Crippen LogP contribution in [0.4, 0.5) is 0 Å². The number of nitrogens with two attached hydrogens (primary N) is 1. The maximum absolute atomic E-state index is 11.6. The number of rotatable bonds is 4. The van der Waals surface area contributed by atoms with Crippen LogP contribution in [0.15, 0.2) is 0 Å². The Hall–Kier alpha value is -0.610. The monoisotopic (exact) mass is 200 g/mol. The lowest BCUT2D eigenvalue weighted by Gasteiger charge is -2.38. The van der Waals surface area contributed by atoms with Crippen molar-refractivity contribution in [2.75, 3.05) is 13.7 Å². The van der Waals surface area contributed by atoms with Crippen LogP contribution in [0, 0.1) is 0 Å². The van der Waals surface area contributed by atoms with Crippen LogP contribution in [0.1, 0.15) is 33.1 Å². The summed E-state index contributed by atoms with van der Waals surface area (Å²) in [7, 11) is 1.53. The van der Waals surface area contributed by atoms with Crippen molar-refractivity contribution in [2.45, 2.75) is 44.2 Å². The summed E-state index contributed by atoms with van der Waals surface area (Å²) in [6.07, 6.45) is 3.17. The van der Waals surface area contributed by atoms with Gasteiger partial charge in [0.25, 0.3) is 5.91 Å². The summed E-state index contributed by atoms with van der Waals surface area (Å²) in [5, 5.41) is 2.83. The molecule has 0 radical (unpaired) electrons. The minimum Gasteiger partial charge on any atom is -0.369 e. The number of carbonyl (C=O) groups is 1. The van der Waals surface area contributed by atoms with Crippen LogP contribution in [-0.4, -0.2) is 30.7 Å². The minimum absolute atomic E-state index is 0.100. The molecule has 0 bridgehead atoms. The van der Waals surface area contributed by atoms with Crippen molar-refractivity contribution in [2.24, 2.45) is 5.73 Å². The van der Waals surface area contributed by atoms with Gasteiger partial charge in [-0.1, -0.05) is 0 Å². The molecule has 1 aliphatic carbocycles. The predicted octanol–water partition coefficient (Wildman–Crippen LogP) is 0.409. The van der Waals surface area contributed by atoms with Crippen LogP contribution in [0.2, 0.25) is 0 Å². The highest BCUT2D eigenvalue weighted by Crippen LogP contribution is 2.28. The molecule has 1 fully saturated rings. The van der Waals surface area contributed by atoms with E-state index >= 15 is 0 Å². The van der Waals surface area contributed by atoms with Gasteiger partial charge in [-0.2, -0.15) is 0 Å². The SMILES string of the molecule is COC(C)(C)C(=O)NCC1(N)CCC1. The smallest absolute Gasteiger partial charge is 0.251 e. The fraction of sp³-hybridized carbons (Fsp3) is 0.900. The van der Waals surface area contributed by atoms with Crippen LogP contribution in [0.5, 0.6) is 0 Å². The molecule has 3 N–H and O–H groups in total. The van der Waals surface area contributed by atoms with Crippen molar-refractivity contribution >= 4 is 5.91 Å². The summed E-state index contributed by atoms with van der Waals surface area (Å²) in [6, 6.07) is 0. The number of carbonyl (C=O) groups excluding carboxylic acids is 1. The van der Waals surface area contributed by atoms with E-state index in [-0.39, 0.29) is 11.4 Å². The Morgan fingerprint density at radius 1 is 1.57 bits per heavy atom. The zero-order valence-electron chi connectivity index (χ0n) is 9.22. The van der Waals surface area contributed by atoms with Gasteiger partial charge >= 0.3 is 0 Å². The largest absolute Gasteiger partial charge is 0.369 e. The lowest BCUT2D eigenvalue weighted by atomic mass is 9.77. The first-order chi connectivity index (χ1) is 6.40. The number of ether oxygens (including phenoxy) is 1. The van der Waals surface area contributed by atoms with Gasteiger partial charge in [0.2, 0.25) is 0 Å². The topological polar surface area (TPSA) is 64.3 Å². The van der Waals surface area contributed by atoms with Crippen LogP contribution >= 0.6 is 0 Å². The molecule has 82 valence electrons. The molecule has 0 aromatic heterocycles. The third-order valence-corrected chi connectivity index (χ3v) is 3.01. The maximum atomic E-state index is 11.6. The Balaban J connectivity index is 2.34. The van der Waals surface area contributed by atoms with Crippen molar-refractivity contribution in [3.05, 3.63) is 0 Å². The molecule has 1 amide bonds. The van der Waals surface area contributed by atoms with Crippen LogP contribution in [-0.2, 0) is 9.53 Å². The molecule has 4 heteroatoms. The Bertz CT molecular complexity index is 222. The van der Waals surface area contributed by atoms with Crippen LogP contribution in [0.3, 0.4) is 0 Å². The lowest BCUT2D eigenvalue weighted by Crippen LogP contribution is -2.57. The second kappa shape index (κ2) is 3.87. The van der Waals surface area contributed by atoms with E-state index in [4.69, 9.17) is 10.5 Å². The summed E-state index contributed by atoms with van der Waals surface area (Å²) in [5.74, 6) is -0.100. The van der Waals surface area contributed by atoms with E-state index in [1.807, 2.05) is 0 Å². The van der Waals surface area contributed by atoms with Crippen molar-refractivity contribution < 1.29 is 9.53 Å². The van der Waals surface area contributed by atoms with E-state index in [9.17, 15) is 4.79 Å². The highest BCUT2D eigenvalue weighted by Gasteiger charge is 2.35. The molecule has 0 aliphatic heterocycles. The number of amides is 1. The van der Waals surface area contributed by atoms with Gasteiger partial charge in [-0.05, 0) is 33.1 Å². The van der Waals surface area contributed by atoms with Gasteiger partial charge in [-0.3, -0.25) is 4.79 Å². The van der Waals surface area contributed by atoms with Gasteiger partial charge in [0.1, 0.15) is 5.60 Å². The fourth-order valence-corrected chi connectivity index (χ4v) is 1.37. The average molecular weight is 200 g/mol. The maximum Gasteiger partial charge on any atom is 0.251 e. The third-order valence-electron chi connectivity index (χ3n) is 3.01. The van der Waals surface area contributed by atoms with E-state index in [0.717, 1.165) is 12.8 Å². The Kier molecular flexibility index (Phi) is 3.17. The van der Waals surface area contributed by atoms with Gasteiger partial charge < -0.3 is 15.8 Å². The van der Waals surface area contributed by atoms with Crippen molar-refractivity contribution in [3.63, 3.8) is 0 Å². The highest BCUT2D eigenvalue weighted by molar-refractivity contribution is 5.84. The zero-order chi connectivity index (χ0) is 10.8. The molecule has 1 rings (SSSR count). The molecule has 1 saturated carbocycles. The molecule has 0 atom stereocenters. The Labute approximate surface area is 85.2 Å². The fourth-order valence-electron chi connectivity index (χ4n) is 1.37. The lowest BCUT2D eigenvalue weighted by molar-refractivity contribution is -0.139. The first kappa shape index (κ1) is 11.5.